The minimum Gasteiger partial charge on any atom is -0.497 e. The van der Waals surface area contributed by atoms with Crippen LogP contribution in [-0.2, 0) is 14.3 Å². The Morgan fingerprint density at radius 1 is 1.06 bits per heavy atom. The molecule has 0 aliphatic carbocycles. The van der Waals surface area contributed by atoms with Crippen LogP contribution in [0.4, 0.5) is 16.2 Å². The van der Waals surface area contributed by atoms with Crippen molar-refractivity contribution in [1.82, 2.24) is 4.90 Å². The van der Waals surface area contributed by atoms with Gasteiger partial charge in [-0.15, -0.1) is 0 Å². The maximum absolute atomic E-state index is 13.4. The molecule has 3 amide bonds. The first kappa shape index (κ1) is 22.1. The summed E-state index contributed by atoms with van der Waals surface area (Å²) >= 11 is 0. The van der Waals surface area contributed by atoms with Gasteiger partial charge in [0.05, 0.1) is 43.9 Å². The van der Waals surface area contributed by atoms with E-state index in [-0.39, 0.29) is 17.9 Å². The number of benzene rings is 2. The molecule has 2 aliphatic heterocycles. The van der Waals surface area contributed by atoms with Crippen LogP contribution in [0.2, 0.25) is 0 Å². The maximum atomic E-state index is 13.4. The van der Waals surface area contributed by atoms with Crippen molar-refractivity contribution in [2.75, 3.05) is 26.2 Å². The normalized spacial score (nSPS) is 21.7. The lowest BCUT2D eigenvalue weighted by molar-refractivity contribution is -0.385. The Morgan fingerprint density at radius 3 is 2.33 bits per heavy atom. The van der Waals surface area contributed by atoms with Crippen molar-refractivity contribution in [2.24, 2.45) is 5.92 Å². The standard InChI is InChI=1S/C22H21N3O8/c1-31-14-7-5-13(6-8-14)23-20(26)17-11-15(21(27)33-3)19(24(17)22(23)28)12-4-9-18(32-2)16(10-12)25(29)30/h4-10,15,17,19H,11H2,1-3H3. The van der Waals surface area contributed by atoms with E-state index in [0.29, 0.717) is 17.0 Å². The van der Waals surface area contributed by atoms with Gasteiger partial charge in [-0.3, -0.25) is 19.7 Å². The van der Waals surface area contributed by atoms with E-state index >= 15 is 0 Å². The SMILES string of the molecule is COC(=O)C1CC2C(=O)N(c3ccc(OC)cc3)C(=O)N2C1c1ccc(OC)c([N+](=O)[O-])c1. The number of anilines is 1. The van der Waals surface area contributed by atoms with E-state index in [9.17, 15) is 24.5 Å². The number of nitrogens with zero attached hydrogens (tertiary/aromatic N) is 3. The molecule has 4 rings (SSSR count). The van der Waals surface area contributed by atoms with Gasteiger partial charge in [0.1, 0.15) is 11.8 Å². The monoisotopic (exact) mass is 455 g/mol. The fourth-order valence-corrected chi connectivity index (χ4v) is 4.47. The molecule has 3 unspecified atom stereocenters. The molecule has 11 heteroatoms. The first-order valence-corrected chi connectivity index (χ1v) is 10.0. The molecule has 3 atom stereocenters. The lowest BCUT2D eigenvalue weighted by atomic mass is 9.92. The van der Waals surface area contributed by atoms with Crippen molar-refractivity contribution >= 4 is 29.3 Å². The van der Waals surface area contributed by atoms with E-state index in [1.165, 1.54) is 38.4 Å². The molecule has 0 saturated carbocycles. The fourth-order valence-electron chi connectivity index (χ4n) is 4.47. The number of carbonyl (C=O) groups excluding carboxylic acids is 3. The molecule has 2 aliphatic rings. The first-order chi connectivity index (χ1) is 15.8. The second kappa shape index (κ2) is 8.41. The fraction of sp³-hybridized carbons (Fsp3) is 0.318. The maximum Gasteiger partial charge on any atom is 0.332 e. The number of amides is 3. The summed E-state index contributed by atoms with van der Waals surface area (Å²) in [6.45, 7) is 0. The van der Waals surface area contributed by atoms with Crippen LogP contribution in [0.15, 0.2) is 42.5 Å². The number of esters is 1. The minimum absolute atomic E-state index is 0.0361. The summed E-state index contributed by atoms with van der Waals surface area (Å²) in [5.74, 6) is -1.35. The zero-order chi connectivity index (χ0) is 23.9. The molecule has 0 N–H and O–H groups in total. The Labute approximate surface area is 188 Å². The molecule has 2 fully saturated rings. The summed E-state index contributed by atoms with van der Waals surface area (Å²) in [6, 6.07) is 8.18. The number of ether oxygens (including phenoxy) is 3. The van der Waals surface area contributed by atoms with E-state index in [0.717, 1.165) is 4.90 Å². The van der Waals surface area contributed by atoms with Crippen molar-refractivity contribution in [1.29, 1.82) is 0 Å². The zero-order valence-corrected chi connectivity index (χ0v) is 18.1. The summed E-state index contributed by atoms with van der Waals surface area (Å²) in [4.78, 5) is 52.5. The molecule has 2 aromatic rings. The summed E-state index contributed by atoms with van der Waals surface area (Å²) in [5, 5.41) is 11.5. The van der Waals surface area contributed by atoms with E-state index < -0.39 is 40.8 Å². The van der Waals surface area contributed by atoms with Gasteiger partial charge in [0.15, 0.2) is 5.75 Å². The van der Waals surface area contributed by atoms with Crippen LogP contribution in [0.25, 0.3) is 0 Å². The van der Waals surface area contributed by atoms with Crippen LogP contribution >= 0.6 is 0 Å². The largest absolute Gasteiger partial charge is 0.497 e. The van der Waals surface area contributed by atoms with E-state index in [2.05, 4.69) is 0 Å². The average molecular weight is 455 g/mol. The van der Waals surface area contributed by atoms with Gasteiger partial charge in [-0.1, -0.05) is 6.07 Å². The van der Waals surface area contributed by atoms with E-state index in [4.69, 9.17) is 14.2 Å². The first-order valence-electron chi connectivity index (χ1n) is 10.0. The van der Waals surface area contributed by atoms with E-state index in [1.807, 2.05) is 0 Å². The molecule has 0 radical (unpaired) electrons. The molecular formula is C22H21N3O8. The molecule has 11 nitrogen and oxygen atoms in total. The number of fused-ring (bicyclic) bond motifs is 1. The van der Waals surface area contributed by atoms with E-state index in [1.54, 1.807) is 30.3 Å². The molecule has 172 valence electrons. The van der Waals surface area contributed by atoms with Crippen molar-refractivity contribution in [3.63, 3.8) is 0 Å². The predicted octanol–water partition coefficient (Wildman–Crippen LogP) is 2.68. The number of nitro benzene ring substituents is 1. The van der Waals surface area contributed by atoms with Crippen molar-refractivity contribution in [3.05, 3.63) is 58.1 Å². The molecule has 2 aromatic carbocycles. The van der Waals surface area contributed by atoms with Crippen LogP contribution in [0.3, 0.4) is 0 Å². The van der Waals surface area contributed by atoms with Crippen LogP contribution in [0.1, 0.15) is 18.0 Å². The number of rotatable bonds is 6. The molecule has 0 aromatic heterocycles. The Hall–Kier alpha value is -4.15. The topological polar surface area (TPSA) is 129 Å². The summed E-state index contributed by atoms with van der Waals surface area (Å²) in [5.41, 5.74) is 0.374. The number of methoxy groups -OCH3 is 3. The van der Waals surface area contributed by atoms with Crippen LogP contribution in [0, 0.1) is 16.0 Å². The van der Waals surface area contributed by atoms with Crippen LogP contribution in [0.5, 0.6) is 11.5 Å². The number of hydrogen-bond acceptors (Lipinski definition) is 8. The number of imide groups is 1. The number of carbonyl (C=O) groups is 3. The Morgan fingerprint density at radius 2 is 1.76 bits per heavy atom. The van der Waals surface area contributed by atoms with Crippen molar-refractivity contribution < 1.29 is 33.5 Å². The zero-order valence-electron chi connectivity index (χ0n) is 18.1. The third kappa shape index (κ3) is 3.51. The molecule has 0 bridgehead atoms. The van der Waals surface area contributed by atoms with Gasteiger partial charge in [-0.2, -0.15) is 0 Å². The molecule has 0 spiro atoms. The number of nitro groups is 1. The highest BCUT2D eigenvalue weighted by Crippen LogP contribution is 2.47. The summed E-state index contributed by atoms with van der Waals surface area (Å²) in [7, 11) is 4.02. The lowest BCUT2D eigenvalue weighted by Crippen LogP contribution is -2.37. The second-order valence-electron chi connectivity index (χ2n) is 7.58. The second-order valence-corrected chi connectivity index (χ2v) is 7.58. The number of urea groups is 1. The molecule has 2 saturated heterocycles. The van der Waals surface area contributed by atoms with Gasteiger partial charge in [0, 0.05) is 6.07 Å². The highest BCUT2D eigenvalue weighted by Gasteiger charge is 2.58. The van der Waals surface area contributed by atoms with Gasteiger partial charge in [0.2, 0.25) is 0 Å². The highest BCUT2D eigenvalue weighted by molar-refractivity contribution is 6.22. The molecule has 2 heterocycles. The molecule has 33 heavy (non-hydrogen) atoms. The predicted molar refractivity (Wildman–Crippen MR) is 114 cm³/mol. The van der Waals surface area contributed by atoms with Gasteiger partial charge in [0.25, 0.3) is 5.91 Å². The Kier molecular flexibility index (Phi) is 5.62. The van der Waals surface area contributed by atoms with Crippen molar-refractivity contribution in [3.8, 4) is 11.5 Å². The van der Waals surface area contributed by atoms with Gasteiger partial charge >= 0.3 is 17.7 Å². The third-order valence-electron chi connectivity index (χ3n) is 5.99. The Balaban J connectivity index is 1.77. The summed E-state index contributed by atoms with van der Waals surface area (Å²) in [6.07, 6.45) is 0.0361. The highest BCUT2D eigenvalue weighted by atomic mass is 16.6. The van der Waals surface area contributed by atoms with Gasteiger partial charge < -0.3 is 19.1 Å². The minimum atomic E-state index is -0.924. The summed E-state index contributed by atoms with van der Waals surface area (Å²) < 4.78 is 15.1. The van der Waals surface area contributed by atoms with Gasteiger partial charge in [-0.25, -0.2) is 9.69 Å². The van der Waals surface area contributed by atoms with Gasteiger partial charge in [-0.05, 0) is 42.3 Å². The third-order valence-corrected chi connectivity index (χ3v) is 5.99. The smallest absolute Gasteiger partial charge is 0.332 e. The quantitative estimate of drug-likeness (QED) is 0.281. The Bertz CT molecular complexity index is 1130. The average Bonchev–Trinajstić information content (AvgIpc) is 3.34. The van der Waals surface area contributed by atoms with Crippen molar-refractivity contribution in [2.45, 2.75) is 18.5 Å². The van der Waals surface area contributed by atoms with Crippen LogP contribution in [-0.4, -0.2) is 55.1 Å². The van der Waals surface area contributed by atoms with Crippen LogP contribution < -0.4 is 14.4 Å². The number of hydrogen-bond donors (Lipinski definition) is 0. The molecular weight excluding hydrogens is 434 g/mol. The lowest BCUT2D eigenvalue weighted by Gasteiger charge is -2.27.